The van der Waals surface area contributed by atoms with E-state index in [2.05, 4.69) is 19.7 Å². The van der Waals surface area contributed by atoms with Gasteiger partial charge in [0.15, 0.2) is 0 Å². The predicted molar refractivity (Wildman–Crippen MR) is 68.5 cm³/mol. The fraction of sp³-hybridized carbons (Fsp3) is 0. The number of amides is 2. The van der Waals surface area contributed by atoms with Gasteiger partial charge in [0.05, 0.1) is 0 Å². The summed E-state index contributed by atoms with van der Waals surface area (Å²) < 4.78 is 6.61. The topological polar surface area (TPSA) is 58.2 Å². The molecule has 0 unspecified atom stereocenters. The van der Waals surface area contributed by atoms with E-state index in [1.807, 2.05) is 30.3 Å². The van der Waals surface area contributed by atoms with Crippen molar-refractivity contribution in [1.29, 1.82) is 0 Å². The van der Waals surface area contributed by atoms with E-state index in [0.717, 1.165) is 3.27 Å². The quantitative estimate of drug-likeness (QED) is 0.514. The Morgan fingerprint density at radius 3 is 1.88 bits per heavy atom. The molecule has 0 aromatic heterocycles. The van der Waals surface area contributed by atoms with Crippen LogP contribution in [0.3, 0.4) is 0 Å². The molecule has 88 valence electrons. The first-order valence-corrected chi connectivity index (χ1v) is 10.1. The van der Waals surface area contributed by atoms with Crippen LogP contribution in [-0.2, 0) is 9.59 Å². The van der Waals surface area contributed by atoms with Gasteiger partial charge in [-0.25, -0.2) is 0 Å². The van der Waals surface area contributed by atoms with E-state index >= 15 is 0 Å². The van der Waals surface area contributed by atoms with E-state index in [1.165, 1.54) is 12.2 Å². The molecule has 0 atom stereocenters. The Morgan fingerprint density at radius 2 is 1.47 bits per heavy atom. The van der Waals surface area contributed by atoms with Crippen LogP contribution in [0.5, 0.6) is 0 Å². The Balaban J connectivity index is 2.86. The van der Waals surface area contributed by atoms with Crippen molar-refractivity contribution in [2.24, 2.45) is 0 Å². The minimum absolute atomic E-state index is 0.268. The van der Waals surface area contributed by atoms with E-state index in [9.17, 15) is 9.59 Å². The summed E-state index contributed by atoms with van der Waals surface area (Å²) in [4.78, 5) is 22.6. The van der Waals surface area contributed by atoms with Gasteiger partial charge in [-0.05, 0) is 0 Å². The van der Waals surface area contributed by atoms with Crippen LogP contribution >= 0.6 is 0 Å². The van der Waals surface area contributed by atoms with Crippen LogP contribution < -0.4 is 9.79 Å². The third kappa shape index (κ3) is 4.49. The summed E-state index contributed by atoms with van der Waals surface area (Å²) in [6, 6.07) is 9.42. The second-order valence-electron chi connectivity index (χ2n) is 3.03. The Labute approximate surface area is 109 Å². The molecule has 1 aromatic rings. The summed E-state index contributed by atoms with van der Waals surface area (Å²) in [5.74, 6) is -0.535. The van der Waals surface area contributed by atoms with Crippen molar-refractivity contribution >= 4 is 37.4 Å². The molecule has 0 fully saturated rings. The molecule has 2 amide bonds. The molecule has 4 nitrogen and oxygen atoms in total. The van der Waals surface area contributed by atoms with E-state index in [4.69, 9.17) is 0 Å². The van der Waals surface area contributed by atoms with Gasteiger partial charge in [0.25, 0.3) is 0 Å². The normalized spacial score (nSPS) is 9.47. The fourth-order valence-corrected chi connectivity index (χ4v) is 6.52. The fourth-order valence-electron chi connectivity index (χ4n) is 1.05. The van der Waals surface area contributed by atoms with Crippen LogP contribution in [0.15, 0.2) is 55.6 Å². The second kappa shape index (κ2) is 6.97. The van der Waals surface area contributed by atoms with Crippen molar-refractivity contribution < 1.29 is 9.59 Å². The van der Waals surface area contributed by atoms with Crippen molar-refractivity contribution in [2.75, 3.05) is 0 Å². The summed E-state index contributed by atoms with van der Waals surface area (Å²) in [5.41, 5.74) is 0. The molecule has 0 bridgehead atoms. The third-order valence-corrected chi connectivity index (χ3v) is 8.45. The van der Waals surface area contributed by atoms with Gasteiger partial charge in [-0.1, -0.05) is 0 Å². The zero-order valence-corrected chi connectivity index (χ0v) is 12.7. The van der Waals surface area contributed by atoms with Crippen LogP contribution in [0, 0.1) is 0 Å². The van der Waals surface area contributed by atoms with Gasteiger partial charge in [-0.3, -0.25) is 0 Å². The summed E-state index contributed by atoms with van der Waals surface area (Å²) in [6.07, 6.45) is 2.40. The van der Waals surface area contributed by atoms with Crippen LogP contribution in [0.2, 0.25) is 0 Å². The number of benzene rings is 1. The first kappa shape index (κ1) is 13.6. The zero-order chi connectivity index (χ0) is 12.7. The van der Waals surface area contributed by atoms with Gasteiger partial charge >= 0.3 is 109 Å². The number of carbonyl (C=O) groups excluding carboxylic acids is 2. The molecule has 1 aromatic carbocycles. The molecule has 5 heteroatoms. The standard InChI is InChI=1S/C6H5.2C3H5NO.Bi/c1-2-4-6-5-3-1;2*1-2-3(4)5;/h1-5H;2*2H,1H2,(H2,4,5);/q;;;+2/p-2. The van der Waals surface area contributed by atoms with Crippen LogP contribution in [-0.4, -0.2) is 34.1 Å². The third-order valence-electron chi connectivity index (χ3n) is 1.83. The average molecular weight is 426 g/mol. The van der Waals surface area contributed by atoms with Gasteiger partial charge in [-0.2, -0.15) is 0 Å². The van der Waals surface area contributed by atoms with Gasteiger partial charge < -0.3 is 0 Å². The molecule has 0 aliphatic heterocycles. The first-order valence-electron chi connectivity index (χ1n) is 4.88. The van der Waals surface area contributed by atoms with Crippen LogP contribution in [0.25, 0.3) is 0 Å². The number of hydrogen-bond donors (Lipinski definition) is 2. The number of rotatable bonds is 5. The number of carbonyl (C=O) groups is 2. The van der Waals surface area contributed by atoms with Crippen molar-refractivity contribution in [2.45, 2.75) is 0 Å². The van der Waals surface area contributed by atoms with E-state index in [1.54, 1.807) is 0 Å². The van der Waals surface area contributed by atoms with Gasteiger partial charge in [0, 0.05) is 0 Å². The maximum absolute atomic E-state index is 11.3. The Morgan fingerprint density at radius 1 is 1.00 bits per heavy atom. The molecule has 0 radical (unpaired) electrons. The van der Waals surface area contributed by atoms with Gasteiger partial charge in [0.2, 0.25) is 0 Å². The molecule has 1 rings (SSSR count). The van der Waals surface area contributed by atoms with E-state index in [0.29, 0.717) is 0 Å². The maximum atomic E-state index is 11.3. The average Bonchev–Trinajstić information content (AvgIpc) is 2.38. The van der Waals surface area contributed by atoms with Crippen molar-refractivity contribution in [3.05, 3.63) is 55.6 Å². The number of nitrogens with one attached hydrogen (secondary N) is 2. The van der Waals surface area contributed by atoms with Crippen molar-refractivity contribution in [3.63, 3.8) is 0 Å². The number of hydrogen-bond acceptors (Lipinski definition) is 2. The second-order valence-corrected chi connectivity index (χ2v) is 9.39. The summed E-state index contributed by atoms with van der Waals surface area (Å²) in [6.45, 7) is 6.79. The van der Waals surface area contributed by atoms with Crippen LogP contribution in [0.1, 0.15) is 0 Å². The Hall–Kier alpha value is -1.48. The molecule has 0 aliphatic carbocycles. The summed E-state index contributed by atoms with van der Waals surface area (Å²) >= 11 is -2.78. The predicted octanol–water partition coefficient (Wildman–Crippen LogP) is -0.0138. The Bertz CT molecular complexity index is 409. The SMILES string of the molecule is C=CC(=O)[NH][Bi]([NH]C(=O)C=C)[c]1ccccc1. The molecule has 2 N–H and O–H groups in total. The molecule has 0 heterocycles. The van der Waals surface area contributed by atoms with Crippen molar-refractivity contribution in [3.8, 4) is 0 Å². The minimum atomic E-state index is -2.78. The molecular formula is C12H13BiN2O2. The van der Waals surface area contributed by atoms with Gasteiger partial charge in [-0.15, -0.1) is 0 Å². The van der Waals surface area contributed by atoms with Crippen LogP contribution in [0.4, 0.5) is 0 Å². The summed E-state index contributed by atoms with van der Waals surface area (Å²) in [7, 11) is 0. The molecular weight excluding hydrogens is 413 g/mol. The summed E-state index contributed by atoms with van der Waals surface area (Å²) in [5, 5.41) is 0. The monoisotopic (exact) mass is 426 g/mol. The molecule has 0 aliphatic rings. The molecule has 0 spiro atoms. The molecule has 17 heavy (non-hydrogen) atoms. The molecule has 0 saturated heterocycles. The van der Waals surface area contributed by atoms with E-state index in [-0.39, 0.29) is 11.8 Å². The first-order chi connectivity index (χ1) is 8.17. The van der Waals surface area contributed by atoms with Gasteiger partial charge in [0.1, 0.15) is 0 Å². The zero-order valence-electron chi connectivity index (χ0n) is 9.22. The Kier molecular flexibility index (Phi) is 5.57. The van der Waals surface area contributed by atoms with E-state index < -0.39 is 22.3 Å². The van der Waals surface area contributed by atoms with Crippen molar-refractivity contribution in [1.82, 2.24) is 6.52 Å². The molecule has 0 saturated carbocycles.